The summed E-state index contributed by atoms with van der Waals surface area (Å²) in [6.07, 6.45) is 1.49. The zero-order valence-corrected chi connectivity index (χ0v) is 16.7. The van der Waals surface area contributed by atoms with Gasteiger partial charge >= 0.3 is 0 Å². The van der Waals surface area contributed by atoms with Crippen molar-refractivity contribution >= 4 is 33.4 Å². The van der Waals surface area contributed by atoms with E-state index in [2.05, 4.69) is 4.98 Å². The molecule has 6 heteroatoms. The van der Waals surface area contributed by atoms with Gasteiger partial charge in [0.15, 0.2) is 23.1 Å². The lowest BCUT2D eigenvalue weighted by Crippen LogP contribution is -2.21. The van der Waals surface area contributed by atoms with Crippen molar-refractivity contribution < 1.29 is 19.8 Å². The maximum atomic E-state index is 13.2. The van der Waals surface area contributed by atoms with Crippen LogP contribution in [0.25, 0.3) is 21.8 Å². The van der Waals surface area contributed by atoms with Gasteiger partial charge in [-0.1, -0.05) is 60.7 Å². The fourth-order valence-corrected chi connectivity index (χ4v) is 4.52. The first-order valence-electron chi connectivity index (χ1n) is 10.1. The minimum Gasteiger partial charge on any atom is -0.505 e. The smallest absolute Gasteiger partial charge is 0.198 e. The van der Waals surface area contributed by atoms with Crippen molar-refractivity contribution in [2.75, 3.05) is 0 Å². The third kappa shape index (κ3) is 2.43. The Morgan fingerprint density at radius 1 is 0.750 bits per heavy atom. The van der Waals surface area contributed by atoms with Crippen LogP contribution in [-0.2, 0) is 6.54 Å². The minimum atomic E-state index is -0.506. The summed E-state index contributed by atoms with van der Waals surface area (Å²) in [6.45, 7) is 0.367. The van der Waals surface area contributed by atoms with Gasteiger partial charge in [-0.05, 0) is 22.4 Å². The van der Waals surface area contributed by atoms with Gasteiger partial charge in [0.05, 0.1) is 17.5 Å². The zero-order valence-electron chi connectivity index (χ0n) is 16.7. The summed E-state index contributed by atoms with van der Waals surface area (Å²) < 4.78 is 1.67. The van der Waals surface area contributed by atoms with Gasteiger partial charge in [-0.25, -0.2) is 4.98 Å². The molecule has 6 nitrogen and oxygen atoms in total. The molecule has 0 saturated carbocycles. The second-order valence-electron chi connectivity index (χ2n) is 7.90. The standard InChI is InChI=1S/C26H16N2O4/c29-23-17-7-3-4-8-18(17)24(30)20-19(23)25(31)21-22(26(20)32)28(13-27-21)12-14-9-10-15-5-1-2-6-16(15)11-14/h1-11,13,31-32H,12H2. The zero-order chi connectivity index (χ0) is 22.0. The average Bonchev–Trinajstić information content (AvgIpc) is 3.24. The molecule has 0 radical (unpaired) electrons. The van der Waals surface area contributed by atoms with Crippen LogP contribution in [0.2, 0.25) is 0 Å². The summed E-state index contributed by atoms with van der Waals surface area (Å²) in [6, 6.07) is 20.4. The number of rotatable bonds is 2. The number of carbonyl (C=O) groups excluding carboxylic acids is 2. The van der Waals surface area contributed by atoms with Gasteiger partial charge in [-0.2, -0.15) is 0 Å². The maximum Gasteiger partial charge on any atom is 0.198 e. The normalized spacial score (nSPS) is 12.9. The number of aromatic hydroxyl groups is 2. The molecular formula is C26H16N2O4. The highest BCUT2D eigenvalue weighted by atomic mass is 16.3. The van der Waals surface area contributed by atoms with E-state index >= 15 is 0 Å². The quantitative estimate of drug-likeness (QED) is 0.405. The van der Waals surface area contributed by atoms with Crippen LogP contribution in [-0.4, -0.2) is 31.3 Å². The van der Waals surface area contributed by atoms with Crippen molar-refractivity contribution in [1.29, 1.82) is 0 Å². The first-order valence-corrected chi connectivity index (χ1v) is 10.1. The van der Waals surface area contributed by atoms with E-state index in [1.807, 2.05) is 42.5 Å². The van der Waals surface area contributed by atoms with E-state index in [0.717, 1.165) is 16.3 Å². The molecule has 0 saturated heterocycles. The lowest BCUT2D eigenvalue weighted by atomic mass is 9.82. The average molecular weight is 420 g/mol. The first kappa shape index (κ1) is 18.3. The number of ketones is 2. The summed E-state index contributed by atoms with van der Waals surface area (Å²) in [4.78, 5) is 30.4. The van der Waals surface area contributed by atoms with Gasteiger partial charge in [0.1, 0.15) is 11.0 Å². The predicted octanol–water partition coefficient (Wildman–Crippen LogP) is 4.42. The Morgan fingerprint density at radius 3 is 2.09 bits per heavy atom. The van der Waals surface area contributed by atoms with Crippen LogP contribution >= 0.6 is 0 Å². The van der Waals surface area contributed by atoms with Crippen LogP contribution in [0.15, 0.2) is 73.1 Å². The second kappa shape index (κ2) is 6.52. The molecule has 2 N–H and O–H groups in total. The van der Waals surface area contributed by atoms with Crippen LogP contribution in [0.5, 0.6) is 11.5 Å². The number of phenols is 2. The van der Waals surface area contributed by atoms with Crippen molar-refractivity contribution in [3.05, 3.63) is 101 Å². The number of imidazole rings is 1. The van der Waals surface area contributed by atoms with Crippen LogP contribution in [0.3, 0.4) is 0 Å². The number of benzene rings is 4. The van der Waals surface area contributed by atoms with Crippen LogP contribution < -0.4 is 0 Å². The number of phenolic OH excluding ortho intramolecular Hbond substituents is 2. The van der Waals surface area contributed by atoms with E-state index in [-0.39, 0.29) is 39.0 Å². The van der Waals surface area contributed by atoms with Crippen molar-refractivity contribution in [3.63, 3.8) is 0 Å². The van der Waals surface area contributed by atoms with Crippen LogP contribution in [0, 0.1) is 0 Å². The molecular weight excluding hydrogens is 404 g/mol. The SMILES string of the molecule is O=C1c2ccccc2C(=O)c2c1c(O)c1ncn(Cc3ccc4ccccc4c3)c1c2O. The molecule has 154 valence electrons. The Kier molecular flexibility index (Phi) is 3.74. The molecule has 0 fully saturated rings. The molecule has 0 bridgehead atoms. The second-order valence-corrected chi connectivity index (χ2v) is 7.90. The fraction of sp³-hybridized carbons (Fsp3) is 0.0385. The molecule has 0 amide bonds. The molecule has 32 heavy (non-hydrogen) atoms. The lowest BCUT2D eigenvalue weighted by molar-refractivity contribution is 0.0974. The summed E-state index contributed by atoms with van der Waals surface area (Å²) in [5.41, 5.74) is 1.30. The van der Waals surface area contributed by atoms with Gasteiger partial charge in [0, 0.05) is 17.7 Å². The van der Waals surface area contributed by atoms with Crippen molar-refractivity contribution in [2.24, 2.45) is 0 Å². The summed E-state index contributed by atoms with van der Waals surface area (Å²) in [7, 11) is 0. The topological polar surface area (TPSA) is 92.4 Å². The van der Waals surface area contributed by atoms with E-state index in [0.29, 0.717) is 6.54 Å². The summed E-state index contributed by atoms with van der Waals surface area (Å²) in [5.74, 6) is -1.74. The van der Waals surface area contributed by atoms with Gasteiger partial charge in [0.25, 0.3) is 0 Å². The van der Waals surface area contributed by atoms with Crippen molar-refractivity contribution in [3.8, 4) is 11.5 Å². The van der Waals surface area contributed by atoms with E-state index in [1.54, 1.807) is 22.8 Å². The molecule has 1 heterocycles. The largest absolute Gasteiger partial charge is 0.505 e. The molecule has 5 aromatic rings. The molecule has 0 unspecified atom stereocenters. The van der Waals surface area contributed by atoms with E-state index in [9.17, 15) is 19.8 Å². The molecule has 0 aliphatic heterocycles. The number of aromatic nitrogens is 2. The van der Waals surface area contributed by atoms with E-state index in [1.165, 1.54) is 12.4 Å². The molecule has 1 aliphatic carbocycles. The molecule has 6 rings (SSSR count). The molecule has 4 aromatic carbocycles. The summed E-state index contributed by atoms with van der Waals surface area (Å²) in [5, 5.41) is 24.2. The third-order valence-corrected chi connectivity index (χ3v) is 6.05. The molecule has 0 spiro atoms. The fourth-order valence-electron chi connectivity index (χ4n) is 4.52. The van der Waals surface area contributed by atoms with Gasteiger partial charge in [-0.15, -0.1) is 0 Å². The number of hydrogen-bond acceptors (Lipinski definition) is 5. The van der Waals surface area contributed by atoms with Crippen molar-refractivity contribution in [2.45, 2.75) is 6.54 Å². The highest BCUT2D eigenvalue weighted by Gasteiger charge is 2.37. The third-order valence-electron chi connectivity index (χ3n) is 6.05. The Labute approximate surface area is 182 Å². The highest BCUT2D eigenvalue weighted by molar-refractivity contribution is 6.32. The highest BCUT2D eigenvalue weighted by Crippen LogP contribution is 2.43. The Morgan fingerprint density at radius 2 is 1.38 bits per heavy atom. The van der Waals surface area contributed by atoms with E-state index < -0.39 is 17.3 Å². The molecule has 1 aromatic heterocycles. The van der Waals surface area contributed by atoms with Gasteiger partial charge in [0.2, 0.25) is 0 Å². The van der Waals surface area contributed by atoms with Gasteiger partial charge < -0.3 is 14.8 Å². The lowest BCUT2D eigenvalue weighted by Gasteiger charge is -2.20. The monoisotopic (exact) mass is 420 g/mol. The molecule has 1 aliphatic rings. The number of carbonyl (C=O) groups is 2. The minimum absolute atomic E-state index is 0.0857. The Bertz CT molecular complexity index is 1610. The predicted molar refractivity (Wildman–Crippen MR) is 119 cm³/mol. The number of fused-ring (bicyclic) bond motifs is 4. The maximum absolute atomic E-state index is 13.2. The van der Waals surface area contributed by atoms with Crippen LogP contribution in [0.1, 0.15) is 37.4 Å². The first-order chi connectivity index (χ1) is 15.5. The molecule has 0 atom stereocenters. The van der Waals surface area contributed by atoms with Gasteiger partial charge in [-0.3, -0.25) is 9.59 Å². The van der Waals surface area contributed by atoms with Crippen LogP contribution in [0.4, 0.5) is 0 Å². The number of nitrogens with zero attached hydrogens (tertiary/aromatic N) is 2. The van der Waals surface area contributed by atoms with Crippen molar-refractivity contribution in [1.82, 2.24) is 9.55 Å². The Hall–Kier alpha value is -4.45. The Balaban J connectivity index is 1.54. The van der Waals surface area contributed by atoms with E-state index in [4.69, 9.17) is 0 Å². The summed E-state index contributed by atoms with van der Waals surface area (Å²) >= 11 is 0. The number of hydrogen-bond donors (Lipinski definition) is 2.